The van der Waals surface area contributed by atoms with Gasteiger partial charge in [0, 0.05) is 37.2 Å². The second-order valence-corrected chi connectivity index (χ2v) is 4.79. The van der Waals surface area contributed by atoms with Crippen molar-refractivity contribution in [2.75, 3.05) is 0 Å². The first-order valence-corrected chi connectivity index (χ1v) is 6.95. The third-order valence-electron chi connectivity index (χ3n) is 3.32. The standard InChI is InChI=1S/C15H15N5O2/c1-2-19-10-11(8-18-19)7-17-14(21)12-9-16-13-5-3-4-6-20(13)15(12)22/h3-6,8-10H,2,7H2,1H3,(H,17,21). The molecule has 112 valence electrons. The lowest BCUT2D eigenvalue weighted by molar-refractivity contribution is 0.0949. The number of carbonyl (C=O) groups is 1. The fourth-order valence-corrected chi connectivity index (χ4v) is 2.13. The molecular formula is C15H15N5O2. The summed E-state index contributed by atoms with van der Waals surface area (Å²) in [6, 6.07) is 5.21. The molecule has 0 unspecified atom stereocenters. The van der Waals surface area contributed by atoms with Crippen molar-refractivity contribution in [3.05, 3.63) is 64.5 Å². The Labute approximate surface area is 126 Å². The summed E-state index contributed by atoms with van der Waals surface area (Å²) in [4.78, 5) is 28.6. The highest BCUT2D eigenvalue weighted by Gasteiger charge is 2.13. The van der Waals surface area contributed by atoms with Crippen LogP contribution in [0.1, 0.15) is 22.8 Å². The first kappa shape index (κ1) is 14.0. The maximum Gasteiger partial charge on any atom is 0.270 e. The van der Waals surface area contributed by atoms with E-state index < -0.39 is 5.91 Å². The van der Waals surface area contributed by atoms with Crippen LogP contribution >= 0.6 is 0 Å². The number of hydrogen-bond donors (Lipinski definition) is 1. The summed E-state index contributed by atoms with van der Waals surface area (Å²) >= 11 is 0. The number of hydrogen-bond acceptors (Lipinski definition) is 4. The van der Waals surface area contributed by atoms with Crippen molar-refractivity contribution in [3.63, 3.8) is 0 Å². The van der Waals surface area contributed by atoms with Gasteiger partial charge in [0.15, 0.2) is 0 Å². The molecule has 1 N–H and O–H groups in total. The zero-order valence-corrected chi connectivity index (χ0v) is 12.1. The van der Waals surface area contributed by atoms with Gasteiger partial charge in [-0.2, -0.15) is 5.10 Å². The van der Waals surface area contributed by atoms with Crippen molar-refractivity contribution in [2.24, 2.45) is 0 Å². The van der Waals surface area contributed by atoms with Crippen LogP contribution in [0.2, 0.25) is 0 Å². The predicted octanol–water partition coefficient (Wildman–Crippen LogP) is 0.841. The van der Waals surface area contributed by atoms with Gasteiger partial charge in [-0.15, -0.1) is 0 Å². The first-order chi connectivity index (χ1) is 10.7. The van der Waals surface area contributed by atoms with Gasteiger partial charge in [0.1, 0.15) is 11.2 Å². The van der Waals surface area contributed by atoms with Crippen LogP contribution in [0.4, 0.5) is 0 Å². The van der Waals surface area contributed by atoms with Crippen LogP contribution in [-0.4, -0.2) is 25.1 Å². The van der Waals surface area contributed by atoms with Gasteiger partial charge in [0.2, 0.25) is 0 Å². The number of rotatable bonds is 4. The van der Waals surface area contributed by atoms with Gasteiger partial charge in [-0.05, 0) is 19.1 Å². The molecule has 0 bridgehead atoms. The number of fused-ring (bicyclic) bond motifs is 1. The Kier molecular flexibility index (Phi) is 3.69. The lowest BCUT2D eigenvalue weighted by Crippen LogP contribution is -2.31. The van der Waals surface area contributed by atoms with Crippen molar-refractivity contribution in [1.82, 2.24) is 24.5 Å². The lowest BCUT2D eigenvalue weighted by atomic mass is 10.3. The summed E-state index contributed by atoms with van der Waals surface area (Å²) in [5, 5.41) is 6.84. The molecule has 0 fully saturated rings. The van der Waals surface area contributed by atoms with Gasteiger partial charge in [-0.25, -0.2) is 4.98 Å². The summed E-state index contributed by atoms with van der Waals surface area (Å²) in [7, 11) is 0. The normalized spacial score (nSPS) is 10.8. The SMILES string of the molecule is CCn1cc(CNC(=O)c2cnc3ccccn3c2=O)cn1. The average molecular weight is 297 g/mol. The molecule has 3 heterocycles. The van der Waals surface area contributed by atoms with E-state index in [4.69, 9.17) is 0 Å². The van der Waals surface area contributed by atoms with Crippen LogP contribution in [0.15, 0.2) is 47.8 Å². The molecule has 22 heavy (non-hydrogen) atoms. The van der Waals surface area contributed by atoms with E-state index in [1.54, 1.807) is 35.3 Å². The summed E-state index contributed by atoms with van der Waals surface area (Å²) in [6.07, 6.45) is 6.44. The highest BCUT2D eigenvalue weighted by molar-refractivity contribution is 5.93. The van der Waals surface area contributed by atoms with Crippen LogP contribution in [0.25, 0.3) is 5.65 Å². The molecule has 0 aliphatic carbocycles. The predicted molar refractivity (Wildman–Crippen MR) is 80.5 cm³/mol. The number of nitrogens with zero attached hydrogens (tertiary/aromatic N) is 4. The van der Waals surface area contributed by atoms with E-state index in [2.05, 4.69) is 15.4 Å². The zero-order valence-electron chi connectivity index (χ0n) is 12.1. The molecule has 7 nitrogen and oxygen atoms in total. The minimum atomic E-state index is -0.444. The molecule has 0 atom stereocenters. The number of amides is 1. The number of carbonyl (C=O) groups excluding carboxylic acids is 1. The largest absolute Gasteiger partial charge is 0.348 e. The van der Waals surface area contributed by atoms with E-state index in [0.717, 1.165) is 12.1 Å². The Hall–Kier alpha value is -2.96. The number of aryl methyl sites for hydroxylation is 1. The zero-order chi connectivity index (χ0) is 15.5. The molecule has 3 aromatic heterocycles. The molecule has 0 saturated carbocycles. The van der Waals surface area contributed by atoms with Crippen LogP contribution in [0, 0.1) is 0 Å². The molecule has 3 rings (SSSR count). The highest BCUT2D eigenvalue weighted by Crippen LogP contribution is 2.00. The van der Waals surface area contributed by atoms with E-state index in [0.29, 0.717) is 12.2 Å². The molecule has 0 radical (unpaired) electrons. The van der Waals surface area contributed by atoms with E-state index >= 15 is 0 Å². The molecular weight excluding hydrogens is 282 g/mol. The van der Waals surface area contributed by atoms with Gasteiger partial charge in [0.25, 0.3) is 11.5 Å². The molecule has 0 aliphatic heterocycles. The smallest absolute Gasteiger partial charge is 0.270 e. The average Bonchev–Trinajstić information content (AvgIpc) is 3.01. The first-order valence-electron chi connectivity index (χ1n) is 6.95. The Bertz CT molecular complexity index is 881. The van der Waals surface area contributed by atoms with Crippen molar-refractivity contribution < 1.29 is 4.79 Å². The van der Waals surface area contributed by atoms with Crippen LogP contribution in [0.3, 0.4) is 0 Å². The molecule has 3 aromatic rings. The second kappa shape index (κ2) is 5.80. The van der Waals surface area contributed by atoms with Gasteiger partial charge in [-0.1, -0.05) is 6.07 Å². The lowest BCUT2D eigenvalue weighted by Gasteiger charge is -2.05. The Morgan fingerprint density at radius 1 is 1.32 bits per heavy atom. The minimum absolute atomic E-state index is 0.0200. The molecule has 0 spiro atoms. The van der Waals surface area contributed by atoms with Gasteiger partial charge in [-0.3, -0.25) is 18.7 Å². The fraction of sp³-hybridized carbons (Fsp3) is 0.200. The van der Waals surface area contributed by atoms with Crippen molar-refractivity contribution in [2.45, 2.75) is 20.0 Å². The van der Waals surface area contributed by atoms with Crippen LogP contribution < -0.4 is 10.9 Å². The molecule has 0 aliphatic rings. The summed E-state index contributed by atoms with van der Waals surface area (Å²) < 4.78 is 3.12. The van der Waals surface area contributed by atoms with Gasteiger partial charge in [0.05, 0.1) is 6.20 Å². The highest BCUT2D eigenvalue weighted by atomic mass is 16.2. The summed E-state index contributed by atoms with van der Waals surface area (Å²) in [6.45, 7) is 3.07. The molecule has 1 amide bonds. The maximum absolute atomic E-state index is 12.3. The Balaban J connectivity index is 1.80. The van der Waals surface area contributed by atoms with Gasteiger partial charge >= 0.3 is 0 Å². The van der Waals surface area contributed by atoms with E-state index in [-0.39, 0.29) is 11.1 Å². The van der Waals surface area contributed by atoms with Crippen LogP contribution in [-0.2, 0) is 13.1 Å². The third-order valence-corrected chi connectivity index (χ3v) is 3.32. The van der Waals surface area contributed by atoms with Crippen molar-refractivity contribution >= 4 is 11.6 Å². The van der Waals surface area contributed by atoms with E-state index in [1.165, 1.54) is 10.6 Å². The second-order valence-electron chi connectivity index (χ2n) is 4.79. The van der Waals surface area contributed by atoms with Crippen molar-refractivity contribution in [1.29, 1.82) is 0 Å². The topological polar surface area (TPSA) is 81.3 Å². The Morgan fingerprint density at radius 2 is 2.18 bits per heavy atom. The van der Waals surface area contributed by atoms with Crippen LogP contribution in [0.5, 0.6) is 0 Å². The summed E-state index contributed by atoms with van der Waals surface area (Å²) in [5.74, 6) is -0.444. The quantitative estimate of drug-likeness (QED) is 0.774. The minimum Gasteiger partial charge on any atom is -0.348 e. The molecule has 7 heteroatoms. The third kappa shape index (κ3) is 2.60. The Morgan fingerprint density at radius 3 is 2.95 bits per heavy atom. The molecule has 0 aromatic carbocycles. The van der Waals surface area contributed by atoms with Gasteiger partial charge < -0.3 is 5.32 Å². The van der Waals surface area contributed by atoms with E-state index in [9.17, 15) is 9.59 Å². The number of aromatic nitrogens is 4. The number of pyridine rings is 1. The van der Waals surface area contributed by atoms with E-state index in [1.807, 2.05) is 13.1 Å². The summed E-state index contributed by atoms with van der Waals surface area (Å²) in [5.41, 5.74) is 1.02. The molecule has 0 saturated heterocycles. The number of nitrogens with one attached hydrogen (secondary N) is 1. The fourth-order valence-electron chi connectivity index (χ4n) is 2.13. The maximum atomic E-state index is 12.3. The monoisotopic (exact) mass is 297 g/mol. The van der Waals surface area contributed by atoms with Crippen molar-refractivity contribution in [3.8, 4) is 0 Å².